The molecule has 0 atom stereocenters. The molecule has 0 fully saturated rings. The van der Waals surface area contributed by atoms with Crippen molar-refractivity contribution in [3.8, 4) is 28.7 Å². The number of aromatic amines is 1. The number of rotatable bonds is 5. The van der Waals surface area contributed by atoms with Gasteiger partial charge in [-0.1, -0.05) is 17.3 Å². The van der Waals surface area contributed by atoms with Crippen molar-refractivity contribution in [2.75, 3.05) is 14.1 Å². The van der Waals surface area contributed by atoms with Gasteiger partial charge >= 0.3 is 0 Å². The summed E-state index contributed by atoms with van der Waals surface area (Å²) in [5, 5.41) is 4.03. The van der Waals surface area contributed by atoms with E-state index in [1.807, 2.05) is 53.1 Å². The molecule has 0 aliphatic heterocycles. The Balaban J connectivity index is 1.42. The monoisotopic (exact) mass is 434 g/mol. The van der Waals surface area contributed by atoms with Gasteiger partial charge in [0.05, 0.1) is 11.0 Å². The second-order valence-corrected chi connectivity index (χ2v) is 9.26. The Hall–Kier alpha value is -3.76. The van der Waals surface area contributed by atoms with Crippen LogP contribution >= 0.6 is 0 Å². The average Bonchev–Trinajstić information content (AvgIpc) is 3.52. The summed E-state index contributed by atoms with van der Waals surface area (Å²) in [5.41, 5.74) is 4.11. The van der Waals surface area contributed by atoms with Gasteiger partial charge in [0.1, 0.15) is 16.9 Å². The molecule has 31 heavy (non-hydrogen) atoms. The molecular formula is C21H18N6O3S. The number of benzene rings is 2. The second kappa shape index (κ2) is 7.18. The second-order valence-electron chi connectivity index (χ2n) is 7.11. The van der Waals surface area contributed by atoms with E-state index >= 15 is 0 Å². The summed E-state index contributed by atoms with van der Waals surface area (Å²) in [6.45, 7) is 0. The van der Waals surface area contributed by atoms with Crippen LogP contribution in [0.3, 0.4) is 0 Å². The van der Waals surface area contributed by atoms with Crippen LogP contribution in [-0.2, 0) is 10.0 Å². The van der Waals surface area contributed by atoms with E-state index in [9.17, 15) is 8.42 Å². The number of nitrogens with one attached hydrogen (secondary N) is 1. The fraction of sp³-hybridized carbons (Fsp3) is 0.0952. The summed E-state index contributed by atoms with van der Waals surface area (Å²) in [6, 6.07) is 17.1. The number of fused-ring (bicyclic) bond motifs is 1. The van der Waals surface area contributed by atoms with E-state index < -0.39 is 10.0 Å². The van der Waals surface area contributed by atoms with Crippen molar-refractivity contribution < 1.29 is 12.9 Å². The zero-order valence-electron chi connectivity index (χ0n) is 16.7. The topological polar surface area (TPSA) is 110 Å². The highest BCUT2D eigenvalue weighted by atomic mass is 32.2. The van der Waals surface area contributed by atoms with E-state index in [4.69, 9.17) is 4.52 Å². The van der Waals surface area contributed by atoms with Gasteiger partial charge in [-0.25, -0.2) is 17.7 Å². The van der Waals surface area contributed by atoms with Crippen LogP contribution < -0.4 is 0 Å². The molecule has 3 heterocycles. The van der Waals surface area contributed by atoms with Gasteiger partial charge in [-0.05, 0) is 42.5 Å². The summed E-state index contributed by atoms with van der Waals surface area (Å²) < 4.78 is 33.0. The van der Waals surface area contributed by atoms with Crippen molar-refractivity contribution in [3.05, 3.63) is 67.1 Å². The third kappa shape index (κ3) is 3.31. The zero-order chi connectivity index (χ0) is 21.6. The van der Waals surface area contributed by atoms with Gasteiger partial charge in [-0.2, -0.15) is 4.98 Å². The van der Waals surface area contributed by atoms with Crippen molar-refractivity contribution in [2.24, 2.45) is 0 Å². The third-order valence-electron chi connectivity index (χ3n) is 4.95. The third-order valence-corrected chi connectivity index (χ3v) is 6.74. The lowest BCUT2D eigenvalue weighted by Gasteiger charge is -2.08. The Bertz CT molecular complexity index is 1480. The Morgan fingerprint density at radius 1 is 1.06 bits per heavy atom. The van der Waals surface area contributed by atoms with Crippen LogP contribution in [0.2, 0.25) is 0 Å². The molecule has 0 saturated carbocycles. The first-order valence-corrected chi connectivity index (χ1v) is 10.9. The molecule has 1 N–H and O–H groups in total. The Labute approximate surface area is 178 Å². The highest BCUT2D eigenvalue weighted by Gasteiger charge is 2.21. The summed E-state index contributed by atoms with van der Waals surface area (Å²) >= 11 is 0. The Kier molecular flexibility index (Phi) is 4.45. The first-order valence-electron chi connectivity index (χ1n) is 9.41. The number of hydrogen-bond acceptors (Lipinski definition) is 6. The normalized spacial score (nSPS) is 12.1. The molecule has 0 unspecified atom stereocenters. The van der Waals surface area contributed by atoms with E-state index in [0.717, 1.165) is 26.6 Å². The standard InChI is InChI=1S/C21H18N6O3S/c1-26(2)31(28,29)16-11-18(22-12-16)21-24-20(25-30-21)14-7-9-15(10-8-14)27-13-23-17-5-3-4-6-19(17)27/h3-13,22H,1-2H3. The van der Waals surface area contributed by atoms with E-state index in [2.05, 4.69) is 20.1 Å². The predicted molar refractivity (Wildman–Crippen MR) is 115 cm³/mol. The molecule has 10 heteroatoms. The first kappa shape index (κ1) is 19.2. The van der Waals surface area contributed by atoms with Gasteiger partial charge in [-0.15, -0.1) is 0 Å². The van der Waals surface area contributed by atoms with Gasteiger partial charge in [0, 0.05) is 31.5 Å². The molecule has 0 radical (unpaired) electrons. The molecule has 2 aromatic carbocycles. The quantitative estimate of drug-likeness (QED) is 0.454. The maximum absolute atomic E-state index is 12.2. The summed E-state index contributed by atoms with van der Waals surface area (Å²) in [4.78, 5) is 11.8. The fourth-order valence-corrected chi connectivity index (χ4v) is 4.14. The fourth-order valence-electron chi connectivity index (χ4n) is 3.24. The molecule has 9 nitrogen and oxygen atoms in total. The molecule has 3 aromatic heterocycles. The van der Waals surface area contributed by atoms with Gasteiger partial charge in [0.15, 0.2) is 0 Å². The van der Waals surface area contributed by atoms with Crippen molar-refractivity contribution in [1.82, 2.24) is 29.0 Å². The van der Waals surface area contributed by atoms with E-state index in [-0.39, 0.29) is 10.8 Å². The number of sulfonamides is 1. The van der Waals surface area contributed by atoms with Gasteiger partial charge in [0.25, 0.3) is 5.89 Å². The Morgan fingerprint density at radius 2 is 1.84 bits per heavy atom. The van der Waals surface area contributed by atoms with Gasteiger partial charge in [-0.3, -0.25) is 4.57 Å². The number of H-pyrrole nitrogens is 1. The number of imidazole rings is 1. The Morgan fingerprint density at radius 3 is 2.61 bits per heavy atom. The minimum atomic E-state index is -3.55. The minimum absolute atomic E-state index is 0.129. The SMILES string of the molecule is CN(C)S(=O)(=O)c1c[nH]c(-c2nc(-c3ccc(-n4cnc5ccccc54)cc3)no2)c1. The predicted octanol–water partition coefficient (Wildman–Crippen LogP) is 3.32. The van der Waals surface area contributed by atoms with Crippen LogP contribution in [0.5, 0.6) is 0 Å². The number of aromatic nitrogens is 5. The lowest BCUT2D eigenvalue weighted by molar-refractivity contribution is 0.431. The molecule has 0 aliphatic rings. The number of nitrogens with zero attached hydrogens (tertiary/aromatic N) is 5. The highest BCUT2D eigenvalue weighted by Crippen LogP contribution is 2.26. The first-order chi connectivity index (χ1) is 14.9. The highest BCUT2D eigenvalue weighted by molar-refractivity contribution is 7.89. The largest absolute Gasteiger partial charge is 0.356 e. The van der Waals surface area contributed by atoms with Crippen molar-refractivity contribution in [1.29, 1.82) is 0 Å². The molecule has 156 valence electrons. The van der Waals surface area contributed by atoms with Crippen molar-refractivity contribution in [3.63, 3.8) is 0 Å². The summed E-state index contributed by atoms with van der Waals surface area (Å²) in [7, 11) is -0.596. The molecule has 0 saturated heterocycles. The van der Waals surface area contributed by atoms with Crippen LogP contribution in [0, 0.1) is 0 Å². The van der Waals surface area contributed by atoms with Crippen molar-refractivity contribution in [2.45, 2.75) is 4.90 Å². The maximum Gasteiger partial charge on any atom is 0.274 e. The molecule has 0 amide bonds. The number of para-hydroxylation sites is 2. The van der Waals surface area contributed by atoms with Gasteiger partial charge in [0.2, 0.25) is 15.8 Å². The number of hydrogen-bond donors (Lipinski definition) is 1. The molecule has 5 aromatic rings. The summed E-state index contributed by atoms with van der Waals surface area (Å²) in [5.74, 6) is 0.614. The van der Waals surface area contributed by atoms with Crippen molar-refractivity contribution >= 4 is 21.1 Å². The zero-order valence-corrected chi connectivity index (χ0v) is 17.5. The minimum Gasteiger partial charge on any atom is -0.356 e. The van der Waals surface area contributed by atoms with Gasteiger partial charge < -0.3 is 9.51 Å². The van der Waals surface area contributed by atoms with Crippen LogP contribution in [0.25, 0.3) is 39.7 Å². The molecule has 0 aliphatic carbocycles. The van der Waals surface area contributed by atoms with E-state index in [1.54, 1.807) is 6.33 Å². The smallest absolute Gasteiger partial charge is 0.274 e. The van der Waals surface area contributed by atoms with Crippen LogP contribution in [0.15, 0.2) is 76.5 Å². The lowest BCUT2D eigenvalue weighted by atomic mass is 10.2. The molecule has 0 spiro atoms. The van der Waals surface area contributed by atoms with Crippen LogP contribution in [0.1, 0.15) is 0 Å². The van der Waals surface area contributed by atoms with Crippen LogP contribution in [0.4, 0.5) is 0 Å². The molecule has 0 bridgehead atoms. The maximum atomic E-state index is 12.2. The van der Waals surface area contributed by atoms with Crippen LogP contribution in [-0.4, -0.2) is 51.5 Å². The van der Waals surface area contributed by atoms with E-state index in [0.29, 0.717) is 11.5 Å². The molecule has 5 rings (SSSR count). The molecular weight excluding hydrogens is 416 g/mol. The van der Waals surface area contributed by atoms with E-state index in [1.165, 1.54) is 26.4 Å². The average molecular weight is 434 g/mol. The lowest BCUT2D eigenvalue weighted by Crippen LogP contribution is -2.21. The summed E-state index contributed by atoms with van der Waals surface area (Å²) in [6.07, 6.45) is 3.19.